The van der Waals surface area contributed by atoms with E-state index in [4.69, 9.17) is 23.2 Å². The average Bonchev–Trinajstić information content (AvgIpc) is 2.61. The molecule has 2 aromatic carbocycles. The van der Waals surface area contributed by atoms with E-state index in [0.717, 1.165) is 0 Å². The maximum atomic E-state index is 13.2. The molecular formula is C19H18Cl2FN3O2. The minimum atomic E-state index is -0.402. The van der Waals surface area contributed by atoms with E-state index in [9.17, 15) is 14.0 Å². The molecule has 0 atom stereocenters. The Morgan fingerprint density at radius 2 is 1.67 bits per heavy atom. The molecule has 3 rings (SSSR count). The zero-order chi connectivity index (χ0) is 19.4. The number of benzene rings is 2. The van der Waals surface area contributed by atoms with Crippen LogP contribution < -0.4 is 5.32 Å². The Balaban J connectivity index is 1.51. The Labute approximate surface area is 166 Å². The molecule has 1 N–H and O–H groups in total. The zero-order valence-electron chi connectivity index (χ0n) is 14.4. The second kappa shape index (κ2) is 8.69. The molecule has 0 bridgehead atoms. The first-order valence-corrected chi connectivity index (χ1v) is 9.19. The van der Waals surface area contributed by atoms with Gasteiger partial charge in [0.05, 0.1) is 6.54 Å². The highest BCUT2D eigenvalue weighted by molar-refractivity contribution is 6.35. The number of piperazine rings is 1. The van der Waals surface area contributed by atoms with Crippen molar-refractivity contribution in [2.45, 2.75) is 0 Å². The lowest BCUT2D eigenvalue weighted by Crippen LogP contribution is -2.50. The van der Waals surface area contributed by atoms with Crippen molar-refractivity contribution >= 4 is 40.7 Å². The Hall–Kier alpha value is -2.15. The SMILES string of the molecule is O=C(CN1CCN(C(=O)c2cc(Cl)cc(Cl)c2)CC1)Nc1cccc(F)c1. The lowest BCUT2D eigenvalue weighted by molar-refractivity contribution is -0.117. The van der Waals surface area contributed by atoms with Crippen molar-refractivity contribution in [3.05, 3.63) is 63.9 Å². The molecule has 5 nitrogen and oxygen atoms in total. The highest BCUT2D eigenvalue weighted by Gasteiger charge is 2.23. The minimum absolute atomic E-state index is 0.136. The summed E-state index contributed by atoms with van der Waals surface area (Å²) in [6.45, 7) is 2.31. The maximum Gasteiger partial charge on any atom is 0.254 e. The molecule has 1 fully saturated rings. The lowest BCUT2D eigenvalue weighted by atomic mass is 10.2. The van der Waals surface area contributed by atoms with Gasteiger partial charge in [-0.2, -0.15) is 0 Å². The van der Waals surface area contributed by atoms with Gasteiger partial charge in [-0.05, 0) is 36.4 Å². The monoisotopic (exact) mass is 409 g/mol. The van der Waals surface area contributed by atoms with Gasteiger partial charge in [0.15, 0.2) is 0 Å². The van der Waals surface area contributed by atoms with Crippen molar-refractivity contribution in [3.8, 4) is 0 Å². The van der Waals surface area contributed by atoms with Crippen molar-refractivity contribution in [2.24, 2.45) is 0 Å². The van der Waals surface area contributed by atoms with E-state index in [2.05, 4.69) is 5.32 Å². The molecule has 1 aliphatic rings. The standard InChI is InChI=1S/C19H18Cl2FN3O2/c20-14-8-13(9-15(21)10-14)19(27)25-6-4-24(5-7-25)12-18(26)23-17-3-1-2-16(22)11-17/h1-3,8-11H,4-7,12H2,(H,23,26). The number of hydrogen-bond acceptors (Lipinski definition) is 3. The quantitative estimate of drug-likeness (QED) is 0.839. The van der Waals surface area contributed by atoms with Crippen LogP contribution in [0.15, 0.2) is 42.5 Å². The van der Waals surface area contributed by atoms with Crippen LogP contribution in [0.1, 0.15) is 10.4 Å². The number of hydrogen-bond donors (Lipinski definition) is 1. The molecule has 0 radical (unpaired) electrons. The van der Waals surface area contributed by atoms with E-state index in [1.54, 1.807) is 29.2 Å². The van der Waals surface area contributed by atoms with Crippen LogP contribution in [0, 0.1) is 5.82 Å². The molecule has 2 aromatic rings. The van der Waals surface area contributed by atoms with E-state index < -0.39 is 5.82 Å². The van der Waals surface area contributed by atoms with Crippen molar-refractivity contribution in [2.75, 3.05) is 38.0 Å². The van der Waals surface area contributed by atoms with Gasteiger partial charge in [-0.25, -0.2) is 4.39 Å². The third kappa shape index (κ3) is 5.42. The maximum absolute atomic E-state index is 13.2. The van der Waals surface area contributed by atoms with Crippen LogP contribution in [0.5, 0.6) is 0 Å². The molecule has 0 spiro atoms. The highest BCUT2D eigenvalue weighted by atomic mass is 35.5. The van der Waals surface area contributed by atoms with Gasteiger partial charge in [0.25, 0.3) is 5.91 Å². The number of nitrogens with one attached hydrogen (secondary N) is 1. The average molecular weight is 410 g/mol. The Kier molecular flexibility index (Phi) is 6.31. The van der Waals surface area contributed by atoms with Crippen molar-refractivity contribution in [3.63, 3.8) is 0 Å². The van der Waals surface area contributed by atoms with Gasteiger partial charge in [-0.15, -0.1) is 0 Å². The molecule has 1 heterocycles. The fourth-order valence-electron chi connectivity index (χ4n) is 2.94. The largest absolute Gasteiger partial charge is 0.336 e. The Bertz CT molecular complexity index is 834. The van der Waals surface area contributed by atoms with Gasteiger partial charge in [0.1, 0.15) is 5.82 Å². The summed E-state index contributed by atoms with van der Waals surface area (Å²) < 4.78 is 13.2. The van der Waals surface area contributed by atoms with Crippen LogP contribution in [0.25, 0.3) is 0 Å². The fourth-order valence-corrected chi connectivity index (χ4v) is 3.46. The van der Waals surface area contributed by atoms with Gasteiger partial charge in [0, 0.05) is 47.5 Å². The highest BCUT2D eigenvalue weighted by Crippen LogP contribution is 2.20. The van der Waals surface area contributed by atoms with Crippen LogP contribution >= 0.6 is 23.2 Å². The van der Waals surface area contributed by atoms with Gasteiger partial charge in [-0.3, -0.25) is 14.5 Å². The number of carbonyl (C=O) groups excluding carboxylic acids is 2. The number of rotatable bonds is 4. The molecule has 8 heteroatoms. The van der Waals surface area contributed by atoms with Crippen LogP contribution in [0.4, 0.5) is 10.1 Å². The molecular weight excluding hydrogens is 392 g/mol. The predicted octanol–water partition coefficient (Wildman–Crippen LogP) is 3.53. The van der Waals surface area contributed by atoms with Gasteiger partial charge in [0.2, 0.25) is 5.91 Å². The summed E-state index contributed by atoms with van der Waals surface area (Å²) in [6.07, 6.45) is 0. The first-order valence-electron chi connectivity index (χ1n) is 8.44. The van der Waals surface area contributed by atoms with E-state index >= 15 is 0 Å². The normalized spacial score (nSPS) is 14.9. The molecule has 2 amide bonds. The Morgan fingerprint density at radius 1 is 1.00 bits per heavy atom. The number of carbonyl (C=O) groups is 2. The van der Waals surface area contributed by atoms with Crippen LogP contribution in [-0.2, 0) is 4.79 Å². The summed E-state index contributed by atoms with van der Waals surface area (Å²) in [5, 5.41) is 3.50. The third-order valence-corrected chi connectivity index (χ3v) is 4.68. The number of amides is 2. The topological polar surface area (TPSA) is 52.7 Å². The van der Waals surface area contributed by atoms with E-state index in [-0.39, 0.29) is 18.4 Å². The van der Waals surface area contributed by atoms with Gasteiger partial charge in [-0.1, -0.05) is 29.3 Å². The zero-order valence-corrected chi connectivity index (χ0v) is 15.9. The van der Waals surface area contributed by atoms with Crippen LogP contribution in [0.3, 0.4) is 0 Å². The number of halogens is 3. The smallest absolute Gasteiger partial charge is 0.254 e. The fraction of sp³-hybridized carbons (Fsp3) is 0.263. The minimum Gasteiger partial charge on any atom is -0.336 e. The second-order valence-corrected chi connectivity index (χ2v) is 7.16. The second-order valence-electron chi connectivity index (χ2n) is 6.28. The third-order valence-electron chi connectivity index (χ3n) is 4.24. The molecule has 27 heavy (non-hydrogen) atoms. The van der Waals surface area contributed by atoms with E-state index in [0.29, 0.717) is 47.5 Å². The van der Waals surface area contributed by atoms with Crippen LogP contribution in [-0.4, -0.2) is 54.3 Å². The molecule has 0 unspecified atom stereocenters. The molecule has 0 saturated carbocycles. The summed E-state index contributed by atoms with van der Waals surface area (Å²) in [4.78, 5) is 28.4. The van der Waals surface area contributed by atoms with Crippen molar-refractivity contribution in [1.29, 1.82) is 0 Å². The first kappa shape index (κ1) is 19.6. The summed E-state index contributed by atoms with van der Waals surface area (Å²) in [5.41, 5.74) is 0.872. The van der Waals surface area contributed by atoms with Gasteiger partial charge < -0.3 is 10.2 Å². The molecule has 0 aromatic heterocycles. The van der Waals surface area contributed by atoms with Gasteiger partial charge >= 0.3 is 0 Å². The summed E-state index contributed by atoms with van der Waals surface area (Å²) >= 11 is 11.9. The molecule has 142 valence electrons. The number of anilines is 1. The van der Waals surface area contributed by atoms with Crippen LogP contribution in [0.2, 0.25) is 10.0 Å². The molecule has 1 saturated heterocycles. The van der Waals surface area contributed by atoms with E-state index in [1.807, 2.05) is 4.90 Å². The van der Waals surface area contributed by atoms with Crippen molar-refractivity contribution in [1.82, 2.24) is 9.80 Å². The van der Waals surface area contributed by atoms with E-state index in [1.165, 1.54) is 18.2 Å². The first-order chi connectivity index (χ1) is 12.9. The Morgan fingerprint density at radius 3 is 2.30 bits per heavy atom. The number of nitrogens with zero attached hydrogens (tertiary/aromatic N) is 2. The summed E-state index contributed by atoms with van der Waals surface area (Å²) in [6, 6.07) is 10.5. The summed E-state index contributed by atoms with van der Waals surface area (Å²) in [5.74, 6) is -0.758. The predicted molar refractivity (Wildman–Crippen MR) is 104 cm³/mol. The van der Waals surface area contributed by atoms with Crippen molar-refractivity contribution < 1.29 is 14.0 Å². The molecule has 0 aliphatic carbocycles. The molecule has 1 aliphatic heterocycles. The summed E-state index contributed by atoms with van der Waals surface area (Å²) in [7, 11) is 0. The lowest BCUT2D eigenvalue weighted by Gasteiger charge is -2.34.